The first kappa shape index (κ1) is 17.4. The molecule has 1 aromatic carbocycles. The standard InChI is InChI=1S/C19H23N3O3/c1-2-3-11-21-17(23)18(24)22(19(21)25)14-20-12-9-16(10-13-20)15-7-5-4-6-8-15/h4-9H,2-3,10-14H2,1H3. The van der Waals surface area contributed by atoms with Gasteiger partial charge in [0.25, 0.3) is 0 Å². The molecule has 0 N–H and O–H groups in total. The number of unbranched alkanes of at least 4 members (excludes halogenated alkanes) is 1. The molecule has 0 spiro atoms. The molecular formula is C19H23N3O3. The lowest BCUT2D eigenvalue weighted by Crippen LogP contribution is -2.43. The van der Waals surface area contributed by atoms with Crippen LogP contribution in [0, 0.1) is 0 Å². The molecular weight excluding hydrogens is 318 g/mol. The molecule has 3 rings (SSSR count). The molecule has 0 bridgehead atoms. The molecule has 0 atom stereocenters. The Hall–Kier alpha value is -2.47. The summed E-state index contributed by atoms with van der Waals surface area (Å²) in [4.78, 5) is 40.6. The van der Waals surface area contributed by atoms with Gasteiger partial charge < -0.3 is 0 Å². The molecule has 2 aliphatic heterocycles. The van der Waals surface area contributed by atoms with Gasteiger partial charge in [0.05, 0.1) is 6.67 Å². The van der Waals surface area contributed by atoms with Gasteiger partial charge in [-0.25, -0.2) is 9.69 Å². The molecule has 0 aliphatic carbocycles. The van der Waals surface area contributed by atoms with Gasteiger partial charge in [0.15, 0.2) is 0 Å². The molecule has 1 aromatic rings. The van der Waals surface area contributed by atoms with E-state index in [4.69, 9.17) is 0 Å². The summed E-state index contributed by atoms with van der Waals surface area (Å²) in [7, 11) is 0. The van der Waals surface area contributed by atoms with Gasteiger partial charge in [0.1, 0.15) is 0 Å². The third-order valence-electron chi connectivity index (χ3n) is 4.65. The fourth-order valence-corrected chi connectivity index (χ4v) is 3.14. The van der Waals surface area contributed by atoms with Crippen LogP contribution in [0.1, 0.15) is 31.7 Å². The fourth-order valence-electron chi connectivity index (χ4n) is 3.14. The molecule has 0 aromatic heterocycles. The fraction of sp³-hybridized carbons (Fsp3) is 0.421. The SMILES string of the molecule is CCCCN1C(=O)C(=O)N(CN2CC=C(c3ccccc3)CC2)C1=O. The molecule has 6 nitrogen and oxygen atoms in total. The van der Waals surface area contributed by atoms with Gasteiger partial charge in [-0.2, -0.15) is 0 Å². The minimum absolute atomic E-state index is 0.171. The number of amides is 4. The highest BCUT2D eigenvalue weighted by Gasteiger charge is 2.44. The van der Waals surface area contributed by atoms with Crippen LogP contribution in [0.5, 0.6) is 0 Å². The number of imide groups is 2. The average Bonchev–Trinajstić information content (AvgIpc) is 2.85. The Labute approximate surface area is 147 Å². The molecule has 2 heterocycles. The van der Waals surface area contributed by atoms with Gasteiger partial charge >= 0.3 is 17.8 Å². The Balaban J connectivity index is 1.62. The highest BCUT2D eigenvalue weighted by Crippen LogP contribution is 2.23. The van der Waals surface area contributed by atoms with Crippen LogP contribution in [0.25, 0.3) is 5.57 Å². The predicted molar refractivity (Wildman–Crippen MR) is 94.3 cm³/mol. The smallest absolute Gasteiger partial charge is 0.281 e. The van der Waals surface area contributed by atoms with Crippen LogP contribution in [0.3, 0.4) is 0 Å². The van der Waals surface area contributed by atoms with Crippen molar-refractivity contribution in [3.63, 3.8) is 0 Å². The van der Waals surface area contributed by atoms with E-state index < -0.39 is 17.8 Å². The second-order valence-corrected chi connectivity index (χ2v) is 6.39. The van der Waals surface area contributed by atoms with Crippen LogP contribution in [-0.2, 0) is 9.59 Å². The van der Waals surface area contributed by atoms with E-state index in [1.807, 2.05) is 30.0 Å². The summed E-state index contributed by atoms with van der Waals surface area (Å²) in [5.41, 5.74) is 2.48. The molecule has 0 radical (unpaired) electrons. The molecule has 1 fully saturated rings. The molecule has 2 aliphatic rings. The van der Waals surface area contributed by atoms with Gasteiger partial charge in [0, 0.05) is 19.6 Å². The number of hydrogen-bond acceptors (Lipinski definition) is 4. The summed E-state index contributed by atoms with van der Waals surface area (Å²) in [6.45, 7) is 3.87. The summed E-state index contributed by atoms with van der Waals surface area (Å²) >= 11 is 0. The Morgan fingerprint density at radius 1 is 1.00 bits per heavy atom. The lowest BCUT2D eigenvalue weighted by atomic mass is 10.00. The van der Waals surface area contributed by atoms with Crippen molar-refractivity contribution >= 4 is 23.4 Å². The van der Waals surface area contributed by atoms with Gasteiger partial charge in [0.2, 0.25) is 0 Å². The van der Waals surface area contributed by atoms with E-state index in [1.165, 1.54) is 11.1 Å². The van der Waals surface area contributed by atoms with Crippen LogP contribution in [0.2, 0.25) is 0 Å². The highest BCUT2D eigenvalue weighted by atomic mass is 16.2. The third-order valence-corrected chi connectivity index (χ3v) is 4.65. The van der Waals surface area contributed by atoms with Crippen molar-refractivity contribution in [2.24, 2.45) is 0 Å². The molecule has 4 amide bonds. The first-order valence-corrected chi connectivity index (χ1v) is 8.76. The predicted octanol–water partition coefficient (Wildman–Crippen LogP) is 2.32. The quantitative estimate of drug-likeness (QED) is 0.588. The second kappa shape index (κ2) is 7.61. The Bertz CT molecular complexity index is 699. The maximum Gasteiger partial charge on any atom is 0.335 e. The van der Waals surface area contributed by atoms with Crippen LogP contribution in [-0.4, -0.2) is 58.8 Å². The summed E-state index contributed by atoms with van der Waals surface area (Å²) in [6.07, 6.45) is 4.56. The molecule has 25 heavy (non-hydrogen) atoms. The van der Waals surface area contributed by atoms with E-state index in [1.54, 1.807) is 0 Å². The van der Waals surface area contributed by atoms with E-state index in [2.05, 4.69) is 18.2 Å². The largest absolute Gasteiger partial charge is 0.335 e. The first-order valence-electron chi connectivity index (χ1n) is 8.76. The molecule has 1 saturated heterocycles. The Kier molecular flexibility index (Phi) is 5.28. The van der Waals surface area contributed by atoms with E-state index in [0.717, 1.165) is 29.2 Å². The molecule has 0 saturated carbocycles. The van der Waals surface area contributed by atoms with Crippen molar-refractivity contribution in [2.75, 3.05) is 26.3 Å². The number of nitrogens with zero attached hydrogens (tertiary/aromatic N) is 3. The van der Waals surface area contributed by atoms with Crippen molar-refractivity contribution in [1.82, 2.24) is 14.7 Å². The second-order valence-electron chi connectivity index (χ2n) is 6.39. The average molecular weight is 341 g/mol. The lowest BCUT2D eigenvalue weighted by Gasteiger charge is -2.29. The van der Waals surface area contributed by atoms with Crippen molar-refractivity contribution in [1.29, 1.82) is 0 Å². The van der Waals surface area contributed by atoms with E-state index in [0.29, 0.717) is 19.5 Å². The summed E-state index contributed by atoms with van der Waals surface area (Å²) < 4.78 is 0. The van der Waals surface area contributed by atoms with Crippen LogP contribution in [0.15, 0.2) is 36.4 Å². The van der Waals surface area contributed by atoms with Crippen LogP contribution in [0.4, 0.5) is 4.79 Å². The van der Waals surface area contributed by atoms with Crippen LogP contribution < -0.4 is 0 Å². The van der Waals surface area contributed by atoms with Crippen molar-refractivity contribution in [2.45, 2.75) is 26.2 Å². The van der Waals surface area contributed by atoms with Gasteiger partial charge in [-0.05, 0) is 24.0 Å². The van der Waals surface area contributed by atoms with Crippen molar-refractivity contribution in [3.8, 4) is 0 Å². The third kappa shape index (κ3) is 3.64. The van der Waals surface area contributed by atoms with E-state index in [-0.39, 0.29) is 6.67 Å². The van der Waals surface area contributed by atoms with Crippen LogP contribution >= 0.6 is 0 Å². The molecule has 132 valence electrons. The van der Waals surface area contributed by atoms with Crippen molar-refractivity contribution < 1.29 is 14.4 Å². The minimum atomic E-state index is -0.709. The van der Waals surface area contributed by atoms with E-state index >= 15 is 0 Å². The maximum absolute atomic E-state index is 12.4. The minimum Gasteiger partial charge on any atom is -0.281 e. The number of urea groups is 1. The Morgan fingerprint density at radius 3 is 2.36 bits per heavy atom. The molecule has 6 heteroatoms. The zero-order valence-corrected chi connectivity index (χ0v) is 14.5. The first-order chi connectivity index (χ1) is 12.1. The van der Waals surface area contributed by atoms with Gasteiger partial charge in [-0.3, -0.25) is 19.4 Å². The van der Waals surface area contributed by atoms with Crippen molar-refractivity contribution in [3.05, 3.63) is 42.0 Å². The Morgan fingerprint density at radius 2 is 1.72 bits per heavy atom. The number of carbonyl (C=O) groups excluding carboxylic acids is 3. The number of benzene rings is 1. The summed E-state index contributed by atoms with van der Waals surface area (Å²) in [5.74, 6) is -1.41. The monoisotopic (exact) mass is 341 g/mol. The summed E-state index contributed by atoms with van der Waals surface area (Å²) in [6, 6.07) is 9.70. The summed E-state index contributed by atoms with van der Waals surface area (Å²) in [5, 5.41) is 0. The lowest BCUT2D eigenvalue weighted by molar-refractivity contribution is -0.143. The topological polar surface area (TPSA) is 60.9 Å². The normalized spacial score (nSPS) is 18.9. The van der Waals surface area contributed by atoms with Gasteiger partial charge in [-0.1, -0.05) is 49.8 Å². The zero-order chi connectivity index (χ0) is 17.8. The van der Waals surface area contributed by atoms with Gasteiger partial charge in [-0.15, -0.1) is 0 Å². The highest BCUT2D eigenvalue weighted by molar-refractivity contribution is 6.44. The number of rotatable bonds is 6. The zero-order valence-electron chi connectivity index (χ0n) is 14.5. The number of hydrogen-bond donors (Lipinski definition) is 0. The van der Waals surface area contributed by atoms with E-state index in [9.17, 15) is 14.4 Å². The molecule has 0 unspecified atom stereocenters. The maximum atomic E-state index is 12.4. The number of carbonyl (C=O) groups is 3.